The van der Waals surface area contributed by atoms with Crippen molar-refractivity contribution in [2.75, 3.05) is 0 Å². The van der Waals surface area contributed by atoms with Crippen LogP contribution in [-0.4, -0.2) is 0 Å². The van der Waals surface area contributed by atoms with Gasteiger partial charge in [-0.3, -0.25) is 0 Å². The molecule has 1 heterocycles. The number of benzene rings is 3. The molecule has 0 aliphatic carbocycles. The van der Waals surface area contributed by atoms with E-state index in [0.717, 1.165) is 13.0 Å². The van der Waals surface area contributed by atoms with Crippen molar-refractivity contribution in [3.63, 3.8) is 0 Å². The lowest BCUT2D eigenvalue weighted by atomic mass is 9.99. The maximum atomic E-state index is 2.46. The van der Waals surface area contributed by atoms with Crippen molar-refractivity contribution in [3.8, 4) is 33.6 Å². The summed E-state index contributed by atoms with van der Waals surface area (Å²) < 4.78 is 2.46. The van der Waals surface area contributed by atoms with E-state index in [1.807, 2.05) is 0 Å². The third-order valence-corrected chi connectivity index (χ3v) is 4.86. The van der Waals surface area contributed by atoms with Gasteiger partial charge in [0.05, 0.1) is 0 Å². The Kier molecular flexibility index (Phi) is 5.11. The van der Waals surface area contributed by atoms with Crippen molar-refractivity contribution in [1.29, 1.82) is 0 Å². The first-order chi connectivity index (χ1) is 13.4. The zero-order chi connectivity index (χ0) is 18.5. The molecule has 1 nitrogen and oxygen atoms in total. The van der Waals surface area contributed by atoms with Gasteiger partial charge in [-0.25, -0.2) is 0 Å². The summed E-state index contributed by atoms with van der Waals surface area (Å²) in [5.74, 6) is 0. The van der Waals surface area contributed by atoms with Gasteiger partial charge in [0, 0.05) is 29.7 Å². The number of aromatic nitrogens is 1. The number of hydrogen-bond donors (Lipinski definition) is 0. The standard InChI is InChI=1S/C26H24N/c1-2-18-27-25(22-14-8-4-9-15-22)19-24(21-12-6-3-7-13-21)20-26(27)23-16-10-5-11-17-23/h3-17,19-20H,2,18H2,1H3/q+1. The van der Waals surface area contributed by atoms with Gasteiger partial charge in [0.25, 0.3) is 0 Å². The predicted octanol–water partition coefficient (Wildman–Crippen LogP) is 6.39. The average Bonchev–Trinajstić information content (AvgIpc) is 2.76. The van der Waals surface area contributed by atoms with E-state index < -0.39 is 0 Å². The van der Waals surface area contributed by atoms with Crippen molar-refractivity contribution >= 4 is 0 Å². The van der Waals surface area contributed by atoms with E-state index in [-0.39, 0.29) is 0 Å². The first-order valence-electron chi connectivity index (χ1n) is 9.61. The highest BCUT2D eigenvalue weighted by atomic mass is 15.0. The van der Waals surface area contributed by atoms with Gasteiger partial charge in [0.2, 0.25) is 11.4 Å². The van der Waals surface area contributed by atoms with Crippen LogP contribution in [0.25, 0.3) is 33.6 Å². The smallest absolute Gasteiger partial charge is 0.191 e. The van der Waals surface area contributed by atoms with Crippen molar-refractivity contribution in [3.05, 3.63) is 103 Å². The van der Waals surface area contributed by atoms with Crippen LogP contribution in [0, 0.1) is 0 Å². The second-order valence-electron chi connectivity index (χ2n) is 6.76. The van der Waals surface area contributed by atoms with E-state index >= 15 is 0 Å². The van der Waals surface area contributed by atoms with Crippen LogP contribution in [-0.2, 0) is 6.54 Å². The fraction of sp³-hybridized carbons (Fsp3) is 0.115. The molecule has 0 saturated carbocycles. The molecule has 0 atom stereocenters. The minimum atomic E-state index is 0.990. The molecule has 0 unspecified atom stereocenters. The molecule has 132 valence electrons. The van der Waals surface area contributed by atoms with Crippen molar-refractivity contribution in [1.82, 2.24) is 0 Å². The quantitative estimate of drug-likeness (QED) is 0.367. The van der Waals surface area contributed by atoms with Gasteiger partial charge in [-0.05, 0) is 35.4 Å². The number of pyridine rings is 1. The average molecular weight is 350 g/mol. The Morgan fingerprint density at radius 2 is 0.926 bits per heavy atom. The first kappa shape index (κ1) is 17.2. The maximum Gasteiger partial charge on any atom is 0.213 e. The highest BCUT2D eigenvalue weighted by Gasteiger charge is 2.21. The molecule has 0 saturated heterocycles. The highest BCUT2D eigenvalue weighted by Crippen LogP contribution is 2.29. The Balaban J connectivity index is 2.01. The van der Waals surface area contributed by atoms with Gasteiger partial charge in [0.1, 0.15) is 6.54 Å². The van der Waals surface area contributed by atoms with E-state index in [9.17, 15) is 0 Å². The van der Waals surface area contributed by atoms with E-state index in [0.29, 0.717) is 0 Å². The maximum absolute atomic E-state index is 2.46. The predicted molar refractivity (Wildman–Crippen MR) is 113 cm³/mol. The normalized spacial score (nSPS) is 10.7. The Hall–Kier alpha value is -3.19. The summed E-state index contributed by atoms with van der Waals surface area (Å²) in [6.07, 6.45) is 1.09. The molecule has 0 spiro atoms. The zero-order valence-electron chi connectivity index (χ0n) is 15.7. The molecule has 4 aromatic rings. The van der Waals surface area contributed by atoms with E-state index in [1.165, 1.54) is 33.6 Å². The van der Waals surface area contributed by atoms with Crippen LogP contribution in [0.2, 0.25) is 0 Å². The summed E-state index contributed by atoms with van der Waals surface area (Å²) in [7, 11) is 0. The lowest BCUT2D eigenvalue weighted by Gasteiger charge is -2.12. The molecule has 1 heteroatoms. The molecule has 0 aliphatic heterocycles. The lowest BCUT2D eigenvalue weighted by Crippen LogP contribution is -2.38. The topological polar surface area (TPSA) is 3.88 Å². The molecule has 0 radical (unpaired) electrons. The summed E-state index contributed by atoms with van der Waals surface area (Å²) in [4.78, 5) is 0. The minimum absolute atomic E-state index is 0.990. The highest BCUT2D eigenvalue weighted by molar-refractivity contribution is 5.73. The SMILES string of the molecule is CCC[n+]1c(-c2ccccc2)cc(-c2ccccc2)cc1-c1ccccc1. The van der Waals surface area contributed by atoms with Crippen molar-refractivity contribution < 1.29 is 4.57 Å². The van der Waals surface area contributed by atoms with Crippen LogP contribution in [0.5, 0.6) is 0 Å². The summed E-state index contributed by atoms with van der Waals surface area (Å²) >= 11 is 0. The Bertz CT molecular complexity index is 945. The van der Waals surface area contributed by atoms with Gasteiger partial charge < -0.3 is 0 Å². The molecule has 0 N–H and O–H groups in total. The Labute approximate surface area is 161 Å². The van der Waals surface area contributed by atoms with Crippen LogP contribution in [0.15, 0.2) is 103 Å². The molecular weight excluding hydrogens is 326 g/mol. The van der Waals surface area contributed by atoms with E-state index in [1.54, 1.807) is 0 Å². The Morgan fingerprint density at radius 1 is 0.519 bits per heavy atom. The summed E-state index contributed by atoms with van der Waals surface area (Å²) in [5.41, 5.74) is 7.52. The van der Waals surface area contributed by atoms with Crippen LogP contribution >= 0.6 is 0 Å². The largest absolute Gasteiger partial charge is 0.213 e. The van der Waals surface area contributed by atoms with Gasteiger partial charge in [-0.2, -0.15) is 4.57 Å². The van der Waals surface area contributed by atoms with Crippen LogP contribution in [0.1, 0.15) is 13.3 Å². The van der Waals surface area contributed by atoms with Gasteiger partial charge in [-0.1, -0.05) is 73.7 Å². The molecule has 0 bridgehead atoms. The van der Waals surface area contributed by atoms with Crippen LogP contribution in [0.3, 0.4) is 0 Å². The van der Waals surface area contributed by atoms with E-state index in [4.69, 9.17) is 0 Å². The summed E-state index contributed by atoms with van der Waals surface area (Å²) in [5, 5.41) is 0. The molecule has 0 amide bonds. The second-order valence-corrected chi connectivity index (χ2v) is 6.76. The fourth-order valence-electron chi connectivity index (χ4n) is 3.58. The molecule has 0 aliphatic rings. The summed E-state index contributed by atoms with van der Waals surface area (Å²) in [6.45, 7) is 3.23. The summed E-state index contributed by atoms with van der Waals surface area (Å²) in [6, 6.07) is 36.7. The van der Waals surface area contributed by atoms with Crippen molar-refractivity contribution in [2.45, 2.75) is 19.9 Å². The first-order valence-corrected chi connectivity index (χ1v) is 9.61. The number of hydrogen-bond acceptors (Lipinski definition) is 0. The lowest BCUT2D eigenvalue weighted by molar-refractivity contribution is -0.675. The zero-order valence-corrected chi connectivity index (χ0v) is 15.7. The molecule has 4 rings (SSSR count). The fourth-order valence-corrected chi connectivity index (χ4v) is 3.58. The second kappa shape index (κ2) is 8.01. The third-order valence-electron chi connectivity index (χ3n) is 4.86. The van der Waals surface area contributed by atoms with Gasteiger partial charge >= 0.3 is 0 Å². The third kappa shape index (κ3) is 3.68. The minimum Gasteiger partial charge on any atom is -0.191 e. The van der Waals surface area contributed by atoms with E-state index in [2.05, 4.69) is 115 Å². The molecule has 27 heavy (non-hydrogen) atoms. The molecule has 0 fully saturated rings. The van der Waals surface area contributed by atoms with Crippen molar-refractivity contribution in [2.24, 2.45) is 0 Å². The number of nitrogens with zero attached hydrogens (tertiary/aromatic N) is 1. The molecule has 1 aromatic heterocycles. The molecule has 3 aromatic carbocycles. The van der Waals surface area contributed by atoms with Gasteiger partial charge in [-0.15, -0.1) is 0 Å². The monoisotopic (exact) mass is 350 g/mol. The Morgan fingerprint density at radius 3 is 1.33 bits per heavy atom. The van der Waals surface area contributed by atoms with Crippen LogP contribution < -0.4 is 4.57 Å². The number of rotatable bonds is 5. The molecular formula is C26H24N+. The van der Waals surface area contributed by atoms with Gasteiger partial charge in [0.15, 0.2) is 0 Å². The van der Waals surface area contributed by atoms with Crippen LogP contribution in [0.4, 0.5) is 0 Å².